The number of rotatable bonds is 5. The Morgan fingerprint density at radius 3 is 2.55 bits per heavy atom. The number of nitrogens with one attached hydrogen (secondary N) is 1. The van der Waals surface area contributed by atoms with Gasteiger partial charge in [0.15, 0.2) is 0 Å². The van der Waals surface area contributed by atoms with E-state index >= 15 is 0 Å². The van der Waals surface area contributed by atoms with Gasteiger partial charge < -0.3 is 19.0 Å². The Hall–Kier alpha value is -4.24. The molecular weight excluding hydrogens is 424 g/mol. The zero-order chi connectivity index (χ0) is 22.8. The molecule has 3 heterocycles. The lowest BCUT2D eigenvalue weighted by Gasteiger charge is -2.27. The fourth-order valence-electron chi connectivity index (χ4n) is 3.72. The van der Waals surface area contributed by atoms with E-state index in [4.69, 9.17) is 9.15 Å². The fraction of sp³-hybridized carbons (Fsp3) is 0.167. The number of amides is 1. The number of hydrogen-bond acceptors (Lipinski definition) is 6. The first-order valence-electron chi connectivity index (χ1n) is 10.5. The Bertz CT molecular complexity index is 1310. The monoisotopic (exact) mass is 444 g/mol. The van der Waals surface area contributed by atoms with Crippen LogP contribution in [0.25, 0.3) is 34.0 Å². The number of nitro benzene ring substituents is 1. The molecule has 1 aliphatic heterocycles. The minimum Gasteiger partial charge on any atom is -0.457 e. The van der Waals surface area contributed by atoms with Crippen molar-refractivity contribution in [3.8, 4) is 11.3 Å². The molecule has 0 atom stereocenters. The van der Waals surface area contributed by atoms with Crippen molar-refractivity contribution in [3.63, 3.8) is 0 Å². The average molecular weight is 444 g/mol. The lowest BCUT2D eigenvalue weighted by molar-refractivity contribution is -0.384. The van der Waals surface area contributed by atoms with Crippen molar-refractivity contribution in [3.05, 3.63) is 82.4 Å². The lowest BCUT2D eigenvalue weighted by atomic mass is 10.1. The number of morpholine rings is 1. The number of fused-ring (bicyclic) bond motifs is 1. The van der Waals surface area contributed by atoms with Crippen LogP contribution in [0.15, 0.2) is 65.1 Å². The summed E-state index contributed by atoms with van der Waals surface area (Å²) in [5.74, 6) is 1.31. The molecule has 9 heteroatoms. The molecule has 1 amide bonds. The van der Waals surface area contributed by atoms with Gasteiger partial charge in [-0.15, -0.1) is 0 Å². The van der Waals surface area contributed by atoms with Crippen molar-refractivity contribution in [2.45, 2.75) is 0 Å². The van der Waals surface area contributed by atoms with E-state index in [2.05, 4.69) is 9.97 Å². The maximum Gasteiger partial charge on any atom is 0.269 e. The normalized spacial score (nSPS) is 14.5. The zero-order valence-corrected chi connectivity index (χ0v) is 17.6. The third kappa shape index (κ3) is 4.26. The van der Waals surface area contributed by atoms with E-state index in [-0.39, 0.29) is 11.6 Å². The van der Waals surface area contributed by atoms with Crippen LogP contribution in [-0.4, -0.2) is 52.0 Å². The van der Waals surface area contributed by atoms with Gasteiger partial charge >= 0.3 is 0 Å². The topological polar surface area (TPSA) is 114 Å². The number of carbonyl (C=O) groups is 1. The summed E-state index contributed by atoms with van der Waals surface area (Å²) >= 11 is 0. The number of H-pyrrole nitrogens is 1. The first-order chi connectivity index (χ1) is 16.1. The standard InChI is InChI=1S/C24H20N4O5/c29-24(27-11-13-32-14-12-27)19(23-25-20-3-1-2-4-21(20)26-23)15-18-9-10-22(33-18)16-5-7-17(8-6-16)28(30)31/h1-10,15H,11-14H2,(H,25,26)/b19-15-. The van der Waals surface area contributed by atoms with Gasteiger partial charge in [0.1, 0.15) is 17.3 Å². The second kappa shape index (κ2) is 8.71. The number of non-ortho nitro benzene ring substituents is 1. The molecular formula is C24H20N4O5. The molecule has 2 aromatic carbocycles. The van der Waals surface area contributed by atoms with E-state index in [0.29, 0.717) is 54.8 Å². The number of benzene rings is 2. The number of furan rings is 1. The summed E-state index contributed by atoms with van der Waals surface area (Å²) in [6.07, 6.45) is 1.67. The molecule has 33 heavy (non-hydrogen) atoms. The molecule has 1 N–H and O–H groups in total. The molecule has 0 bridgehead atoms. The van der Waals surface area contributed by atoms with Crippen molar-refractivity contribution in [2.75, 3.05) is 26.3 Å². The largest absolute Gasteiger partial charge is 0.457 e. The van der Waals surface area contributed by atoms with Gasteiger partial charge in [0.05, 0.1) is 34.7 Å². The second-order valence-electron chi connectivity index (χ2n) is 7.57. The Balaban J connectivity index is 1.51. The molecule has 166 valence electrons. The number of nitrogens with zero attached hydrogens (tertiary/aromatic N) is 3. The minimum atomic E-state index is -0.447. The number of aromatic amines is 1. The van der Waals surface area contributed by atoms with Gasteiger partial charge in [-0.3, -0.25) is 14.9 Å². The molecule has 0 unspecified atom stereocenters. The van der Waals surface area contributed by atoms with Crippen LogP contribution in [0, 0.1) is 10.1 Å². The summed E-state index contributed by atoms with van der Waals surface area (Å²) in [7, 11) is 0. The number of aromatic nitrogens is 2. The first-order valence-corrected chi connectivity index (χ1v) is 10.5. The van der Waals surface area contributed by atoms with Crippen LogP contribution in [0.3, 0.4) is 0 Å². The molecule has 5 rings (SSSR count). The maximum atomic E-state index is 13.4. The van der Waals surface area contributed by atoms with E-state index in [0.717, 1.165) is 11.0 Å². The van der Waals surface area contributed by atoms with Gasteiger partial charge in [0.25, 0.3) is 11.6 Å². The van der Waals surface area contributed by atoms with Crippen LogP contribution in [0.5, 0.6) is 0 Å². The first kappa shape index (κ1) is 20.7. The van der Waals surface area contributed by atoms with Crippen LogP contribution >= 0.6 is 0 Å². The number of imidazole rings is 1. The second-order valence-corrected chi connectivity index (χ2v) is 7.57. The Labute approximate surface area is 188 Å². The third-order valence-corrected chi connectivity index (χ3v) is 5.45. The summed E-state index contributed by atoms with van der Waals surface area (Å²) in [5, 5.41) is 10.9. The summed E-state index contributed by atoms with van der Waals surface area (Å²) in [4.78, 5) is 33.4. The van der Waals surface area contributed by atoms with Crippen molar-refractivity contribution < 1.29 is 18.9 Å². The van der Waals surface area contributed by atoms with Crippen LogP contribution in [0.2, 0.25) is 0 Å². The van der Waals surface area contributed by atoms with Gasteiger partial charge in [0, 0.05) is 30.8 Å². The highest BCUT2D eigenvalue weighted by Gasteiger charge is 2.24. The third-order valence-electron chi connectivity index (χ3n) is 5.45. The van der Waals surface area contributed by atoms with Gasteiger partial charge in [0.2, 0.25) is 0 Å². The summed E-state index contributed by atoms with van der Waals surface area (Å²) in [5.41, 5.74) is 2.69. The molecule has 0 aliphatic carbocycles. The van der Waals surface area contributed by atoms with E-state index in [9.17, 15) is 14.9 Å². The highest BCUT2D eigenvalue weighted by Crippen LogP contribution is 2.28. The molecule has 1 fully saturated rings. The maximum absolute atomic E-state index is 13.4. The number of para-hydroxylation sites is 2. The summed E-state index contributed by atoms with van der Waals surface area (Å²) in [6, 6.07) is 17.2. The molecule has 1 saturated heterocycles. The SMILES string of the molecule is O=C(/C(=C\c1ccc(-c2ccc([N+](=O)[O-])cc2)o1)c1nc2ccccc2[nH]1)N1CCOCC1. The molecule has 9 nitrogen and oxygen atoms in total. The highest BCUT2D eigenvalue weighted by molar-refractivity contribution is 6.23. The molecule has 2 aromatic heterocycles. The molecule has 0 radical (unpaired) electrons. The van der Waals surface area contributed by atoms with E-state index in [1.807, 2.05) is 24.3 Å². The van der Waals surface area contributed by atoms with Crippen molar-refractivity contribution >= 4 is 34.3 Å². The van der Waals surface area contributed by atoms with Gasteiger partial charge in [-0.25, -0.2) is 4.98 Å². The van der Waals surface area contributed by atoms with Gasteiger partial charge in [-0.2, -0.15) is 0 Å². The van der Waals surface area contributed by atoms with Crippen molar-refractivity contribution in [1.82, 2.24) is 14.9 Å². The molecule has 0 saturated carbocycles. The number of nitro groups is 1. The number of ether oxygens (including phenoxy) is 1. The minimum absolute atomic E-state index is 0.00806. The zero-order valence-electron chi connectivity index (χ0n) is 17.6. The smallest absolute Gasteiger partial charge is 0.269 e. The predicted molar refractivity (Wildman–Crippen MR) is 122 cm³/mol. The van der Waals surface area contributed by atoms with Crippen molar-refractivity contribution in [1.29, 1.82) is 0 Å². The Morgan fingerprint density at radius 1 is 1.06 bits per heavy atom. The predicted octanol–water partition coefficient (Wildman–Crippen LogP) is 4.13. The van der Waals surface area contributed by atoms with E-state index < -0.39 is 4.92 Å². The average Bonchev–Trinajstić information content (AvgIpc) is 3.50. The van der Waals surface area contributed by atoms with Gasteiger partial charge in [-0.05, 0) is 42.5 Å². The van der Waals surface area contributed by atoms with Crippen LogP contribution in [0.4, 0.5) is 5.69 Å². The summed E-state index contributed by atoms with van der Waals surface area (Å²) < 4.78 is 11.3. The van der Waals surface area contributed by atoms with Crippen molar-refractivity contribution in [2.24, 2.45) is 0 Å². The summed E-state index contributed by atoms with van der Waals surface area (Å²) in [6.45, 7) is 1.99. The molecule has 1 aliphatic rings. The molecule has 4 aromatic rings. The van der Waals surface area contributed by atoms with E-state index in [1.54, 1.807) is 35.2 Å². The number of hydrogen-bond donors (Lipinski definition) is 1. The fourth-order valence-corrected chi connectivity index (χ4v) is 3.72. The lowest BCUT2D eigenvalue weighted by Crippen LogP contribution is -2.41. The van der Waals surface area contributed by atoms with Gasteiger partial charge in [-0.1, -0.05) is 12.1 Å². The quantitative estimate of drug-likeness (QED) is 0.281. The Morgan fingerprint density at radius 2 is 1.82 bits per heavy atom. The highest BCUT2D eigenvalue weighted by atomic mass is 16.6. The van der Waals surface area contributed by atoms with E-state index in [1.165, 1.54) is 12.1 Å². The Kier molecular flexibility index (Phi) is 5.45. The molecule has 0 spiro atoms. The van der Waals surface area contributed by atoms with Crippen LogP contribution < -0.4 is 0 Å². The van der Waals surface area contributed by atoms with Crippen LogP contribution in [0.1, 0.15) is 11.6 Å². The van der Waals surface area contributed by atoms with Crippen LogP contribution in [-0.2, 0) is 9.53 Å². The number of carbonyl (C=O) groups excluding carboxylic acids is 1.